The van der Waals surface area contributed by atoms with Crippen LogP contribution in [-0.4, -0.2) is 12.6 Å². The maximum atomic E-state index is 6.26. The van der Waals surface area contributed by atoms with E-state index in [1.165, 1.54) is 24.8 Å². The van der Waals surface area contributed by atoms with Gasteiger partial charge in [0.1, 0.15) is 0 Å². The zero-order valence-corrected chi connectivity index (χ0v) is 12.2. The molecule has 0 heterocycles. The molecule has 18 heavy (non-hydrogen) atoms. The molecular formula is C16H24ClN. The van der Waals surface area contributed by atoms with Gasteiger partial charge >= 0.3 is 0 Å². The van der Waals surface area contributed by atoms with Gasteiger partial charge in [-0.05, 0) is 55.7 Å². The number of hydrogen-bond donors (Lipinski definition) is 1. The van der Waals surface area contributed by atoms with Crippen LogP contribution >= 0.6 is 11.6 Å². The summed E-state index contributed by atoms with van der Waals surface area (Å²) in [6.45, 7) is 5.74. The van der Waals surface area contributed by atoms with Crippen molar-refractivity contribution < 1.29 is 0 Å². The van der Waals surface area contributed by atoms with Crippen LogP contribution in [0.2, 0.25) is 5.02 Å². The Morgan fingerprint density at radius 2 is 2.00 bits per heavy atom. The van der Waals surface area contributed by atoms with Gasteiger partial charge in [-0.1, -0.05) is 43.6 Å². The van der Waals surface area contributed by atoms with Crippen LogP contribution in [0.3, 0.4) is 0 Å². The zero-order chi connectivity index (χ0) is 13.0. The molecule has 0 saturated heterocycles. The van der Waals surface area contributed by atoms with Crippen molar-refractivity contribution in [3.05, 3.63) is 34.9 Å². The molecule has 0 amide bonds. The van der Waals surface area contributed by atoms with Crippen LogP contribution in [0.15, 0.2) is 24.3 Å². The highest BCUT2D eigenvalue weighted by Gasteiger charge is 2.22. The first-order chi connectivity index (χ1) is 8.65. The van der Waals surface area contributed by atoms with Gasteiger partial charge in [-0.15, -0.1) is 0 Å². The molecule has 2 rings (SSSR count). The first-order valence-corrected chi connectivity index (χ1v) is 7.49. The van der Waals surface area contributed by atoms with Gasteiger partial charge in [0.15, 0.2) is 0 Å². The van der Waals surface area contributed by atoms with Crippen molar-refractivity contribution in [2.45, 2.75) is 45.6 Å². The third-order valence-electron chi connectivity index (χ3n) is 3.54. The maximum Gasteiger partial charge on any atom is 0.0438 e. The third-order valence-corrected chi connectivity index (χ3v) is 3.91. The van der Waals surface area contributed by atoms with E-state index in [1.54, 1.807) is 0 Å². The van der Waals surface area contributed by atoms with E-state index in [-0.39, 0.29) is 0 Å². The molecule has 0 aliphatic heterocycles. The van der Waals surface area contributed by atoms with Gasteiger partial charge in [-0.25, -0.2) is 0 Å². The molecule has 0 radical (unpaired) electrons. The molecular weight excluding hydrogens is 242 g/mol. The SMILES string of the molecule is CC(C)CC(CNC1CC1)Cc1ccccc1Cl. The lowest BCUT2D eigenvalue weighted by molar-refractivity contribution is 0.384. The Hall–Kier alpha value is -0.530. The monoisotopic (exact) mass is 265 g/mol. The number of nitrogens with one attached hydrogen (secondary N) is 1. The number of benzene rings is 1. The normalized spacial score (nSPS) is 17.1. The molecule has 1 saturated carbocycles. The fourth-order valence-electron chi connectivity index (χ4n) is 2.50. The summed E-state index contributed by atoms with van der Waals surface area (Å²) in [5, 5.41) is 4.57. The van der Waals surface area contributed by atoms with E-state index < -0.39 is 0 Å². The molecule has 1 aromatic carbocycles. The van der Waals surface area contributed by atoms with Gasteiger partial charge < -0.3 is 5.32 Å². The molecule has 1 aliphatic carbocycles. The fraction of sp³-hybridized carbons (Fsp3) is 0.625. The summed E-state index contributed by atoms with van der Waals surface area (Å²) in [5.74, 6) is 1.45. The quantitative estimate of drug-likeness (QED) is 0.775. The van der Waals surface area contributed by atoms with Crippen LogP contribution in [0.5, 0.6) is 0 Å². The second-order valence-electron chi connectivity index (χ2n) is 5.97. The fourth-order valence-corrected chi connectivity index (χ4v) is 2.71. The molecule has 1 atom stereocenters. The van der Waals surface area contributed by atoms with Crippen LogP contribution in [0.25, 0.3) is 0 Å². The molecule has 0 bridgehead atoms. The molecule has 100 valence electrons. The van der Waals surface area contributed by atoms with Gasteiger partial charge in [-0.3, -0.25) is 0 Å². The third kappa shape index (κ3) is 4.62. The Labute approximate surface area is 116 Å². The lowest BCUT2D eigenvalue weighted by Crippen LogP contribution is -2.27. The minimum absolute atomic E-state index is 0.700. The Balaban J connectivity index is 1.92. The molecule has 0 aromatic heterocycles. The number of halogens is 1. The molecule has 1 nitrogen and oxygen atoms in total. The number of hydrogen-bond acceptors (Lipinski definition) is 1. The summed E-state index contributed by atoms with van der Waals surface area (Å²) in [5.41, 5.74) is 1.29. The molecule has 1 fully saturated rings. The van der Waals surface area contributed by atoms with Crippen LogP contribution in [0, 0.1) is 11.8 Å². The maximum absolute atomic E-state index is 6.26. The summed E-state index contributed by atoms with van der Waals surface area (Å²) in [6.07, 6.45) is 5.09. The highest BCUT2D eigenvalue weighted by atomic mass is 35.5. The first kappa shape index (κ1) is 13.9. The topological polar surface area (TPSA) is 12.0 Å². The van der Waals surface area contributed by atoms with Crippen molar-refractivity contribution in [1.29, 1.82) is 0 Å². The highest BCUT2D eigenvalue weighted by molar-refractivity contribution is 6.31. The van der Waals surface area contributed by atoms with E-state index in [4.69, 9.17) is 11.6 Å². The van der Waals surface area contributed by atoms with Gasteiger partial charge in [-0.2, -0.15) is 0 Å². The summed E-state index contributed by atoms with van der Waals surface area (Å²) >= 11 is 6.26. The first-order valence-electron chi connectivity index (χ1n) is 7.12. The average Bonchev–Trinajstić information content (AvgIpc) is 3.12. The second-order valence-corrected chi connectivity index (χ2v) is 6.38. The summed E-state index contributed by atoms with van der Waals surface area (Å²) in [7, 11) is 0. The second kappa shape index (κ2) is 6.58. The lowest BCUT2D eigenvalue weighted by atomic mass is 9.91. The molecule has 2 heteroatoms. The minimum atomic E-state index is 0.700. The highest BCUT2D eigenvalue weighted by Crippen LogP contribution is 2.24. The lowest BCUT2D eigenvalue weighted by Gasteiger charge is -2.20. The average molecular weight is 266 g/mol. The van der Waals surface area contributed by atoms with Gasteiger partial charge in [0.25, 0.3) is 0 Å². The van der Waals surface area contributed by atoms with Crippen LogP contribution in [0.1, 0.15) is 38.7 Å². The van der Waals surface area contributed by atoms with E-state index in [0.29, 0.717) is 5.92 Å². The Morgan fingerprint density at radius 1 is 1.28 bits per heavy atom. The van der Waals surface area contributed by atoms with Crippen molar-refractivity contribution in [2.75, 3.05) is 6.54 Å². The smallest absolute Gasteiger partial charge is 0.0438 e. The van der Waals surface area contributed by atoms with E-state index in [1.807, 2.05) is 12.1 Å². The zero-order valence-electron chi connectivity index (χ0n) is 11.5. The van der Waals surface area contributed by atoms with Gasteiger partial charge in [0.2, 0.25) is 0 Å². The Morgan fingerprint density at radius 3 is 2.61 bits per heavy atom. The predicted octanol–water partition coefficient (Wildman–Crippen LogP) is 4.30. The predicted molar refractivity (Wildman–Crippen MR) is 79.1 cm³/mol. The summed E-state index contributed by atoms with van der Waals surface area (Å²) in [6, 6.07) is 9.05. The van der Waals surface area contributed by atoms with Crippen LogP contribution in [0.4, 0.5) is 0 Å². The molecule has 1 aliphatic rings. The van der Waals surface area contributed by atoms with Crippen LogP contribution in [-0.2, 0) is 6.42 Å². The minimum Gasteiger partial charge on any atom is -0.314 e. The van der Waals surface area contributed by atoms with Crippen molar-refractivity contribution in [2.24, 2.45) is 11.8 Å². The standard InChI is InChI=1S/C16H24ClN/c1-12(2)9-13(11-18-15-7-8-15)10-14-5-3-4-6-16(14)17/h3-6,12-13,15,18H,7-11H2,1-2H3. The largest absolute Gasteiger partial charge is 0.314 e. The summed E-state index contributed by atoms with van der Waals surface area (Å²) < 4.78 is 0. The van der Waals surface area contributed by atoms with E-state index in [9.17, 15) is 0 Å². The van der Waals surface area contributed by atoms with Crippen molar-refractivity contribution in [1.82, 2.24) is 5.32 Å². The molecule has 1 N–H and O–H groups in total. The van der Waals surface area contributed by atoms with Crippen molar-refractivity contribution >= 4 is 11.6 Å². The van der Waals surface area contributed by atoms with Crippen molar-refractivity contribution in [3.63, 3.8) is 0 Å². The molecule has 1 aromatic rings. The van der Waals surface area contributed by atoms with E-state index >= 15 is 0 Å². The summed E-state index contributed by atoms with van der Waals surface area (Å²) in [4.78, 5) is 0. The number of rotatable bonds is 7. The molecule has 1 unspecified atom stereocenters. The van der Waals surface area contributed by atoms with Gasteiger partial charge in [0.05, 0.1) is 0 Å². The van der Waals surface area contributed by atoms with E-state index in [2.05, 4.69) is 31.3 Å². The van der Waals surface area contributed by atoms with Crippen molar-refractivity contribution in [3.8, 4) is 0 Å². The Kier molecular flexibility index (Phi) is 5.08. The van der Waals surface area contributed by atoms with E-state index in [0.717, 1.165) is 29.9 Å². The Bertz CT molecular complexity index is 371. The van der Waals surface area contributed by atoms with Gasteiger partial charge in [0, 0.05) is 11.1 Å². The van der Waals surface area contributed by atoms with Crippen LogP contribution < -0.4 is 5.32 Å². The molecule has 0 spiro atoms.